The van der Waals surface area contributed by atoms with E-state index in [1.807, 2.05) is 0 Å². The molecular formula is C14H14BF2NO5S. The van der Waals surface area contributed by atoms with Gasteiger partial charge in [0.05, 0.1) is 4.90 Å². The zero-order valence-corrected chi connectivity index (χ0v) is 13.3. The average molecular weight is 357 g/mol. The van der Waals surface area contributed by atoms with Crippen molar-refractivity contribution in [3.63, 3.8) is 0 Å². The zero-order valence-electron chi connectivity index (χ0n) is 12.5. The Hall–Kier alpha value is -2.01. The van der Waals surface area contributed by atoms with Crippen LogP contribution in [0.3, 0.4) is 0 Å². The molecule has 0 saturated carbocycles. The Morgan fingerprint density at radius 3 is 2.38 bits per heavy atom. The molecule has 0 amide bonds. The van der Waals surface area contributed by atoms with Crippen LogP contribution in [-0.2, 0) is 10.0 Å². The van der Waals surface area contributed by atoms with Crippen LogP contribution in [0.4, 0.5) is 8.78 Å². The van der Waals surface area contributed by atoms with Crippen molar-refractivity contribution in [1.82, 2.24) is 4.72 Å². The van der Waals surface area contributed by atoms with Crippen LogP contribution in [0.1, 0.15) is 6.92 Å². The number of hydrogen-bond acceptors (Lipinski definition) is 5. The zero-order chi connectivity index (χ0) is 17.9. The lowest BCUT2D eigenvalue weighted by Gasteiger charge is -2.13. The summed E-state index contributed by atoms with van der Waals surface area (Å²) in [6.45, 7) is 1.74. The van der Waals surface area contributed by atoms with E-state index >= 15 is 0 Å². The molecule has 0 spiro atoms. The number of ether oxygens (including phenoxy) is 1. The van der Waals surface area contributed by atoms with Gasteiger partial charge in [-0.3, -0.25) is 0 Å². The number of halogens is 2. The molecular weight excluding hydrogens is 343 g/mol. The molecule has 10 heteroatoms. The lowest BCUT2D eigenvalue weighted by molar-refractivity contribution is 0.414. The Bertz CT molecular complexity index is 845. The van der Waals surface area contributed by atoms with Crippen molar-refractivity contribution in [2.75, 3.05) is 6.54 Å². The predicted octanol–water partition coefficient (Wildman–Crippen LogP) is 0.735. The molecule has 2 aromatic carbocycles. The highest BCUT2D eigenvalue weighted by Crippen LogP contribution is 2.25. The first-order valence-corrected chi connectivity index (χ1v) is 8.35. The maximum absolute atomic E-state index is 13.6. The fourth-order valence-electron chi connectivity index (χ4n) is 1.94. The molecule has 0 aromatic heterocycles. The van der Waals surface area contributed by atoms with E-state index < -0.39 is 28.8 Å². The molecule has 2 rings (SSSR count). The Morgan fingerprint density at radius 2 is 1.79 bits per heavy atom. The van der Waals surface area contributed by atoms with Gasteiger partial charge in [-0.05, 0) is 30.3 Å². The highest BCUT2D eigenvalue weighted by Gasteiger charge is 2.23. The predicted molar refractivity (Wildman–Crippen MR) is 83.6 cm³/mol. The molecule has 0 fully saturated rings. The molecule has 0 aliphatic heterocycles. The van der Waals surface area contributed by atoms with E-state index in [-0.39, 0.29) is 28.4 Å². The monoisotopic (exact) mass is 357 g/mol. The summed E-state index contributed by atoms with van der Waals surface area (Å²) in [5.74, 6) is -2.31. The van der Waals surface area contributed by atoms with E-state index in [0.29, 0.717) is 6.07 Å². The number of nitrogens with one attached hydrogen (secondary N) is 1. The lowest BCUT2D eigenvalue weighted by Crippen LogP contribution is -2.33. The average Bonchev–Trinajstić information content (AvgIpc) is 2.50. The van der Waals surface area contributed by atoms with Crippen LogP contribution < -0.4 is 14.9 Å². The molecule has 0 aliphatic carbocycles. The maximum atomic E-state index is 13.6. The largest absolute Gasteiger partial charge is 0.492 e. The number of rotatable bonds is 6. The molecule has 6 nitrogen and oxygen atoms in total. The first-order valence-electron chi connectivity index (χ1n) is 6.87. The Balaban J connectivity index is 2.44. The van der Waals surface area contributed by atoms with Crippen LogP contribution in [0.15, 0.2) is 41.3 Å². The Labute approximate surface area is 137 Å². The molecule has 0 bridgehead atoms. The van der Waals surface area contributed by atoms with Crippen LogP contribution in [0, 0.1) is 11.6 Å². The van der Waals surface area contributed by atoms with Gasteiger partial charge in [0.15, 0.2) is 11.6 Å². The topological polar surface area (TPSA) is 95.9 Å². The van der Waals surface area contributed by atoms with Gasteiger partial charge < -0.3 is 14.8 Å². The number of sulfonamides is 1. The van der Waals surface area contributed by atoms with Gasteiger partial charge in [0.2, 0.25) is 10.0 Å². The third-order valence-electron chi connectivity index (χ3n) is 3.02. The summed E-state index contributed by atoms with van der Waals surface area (Å²) in [6.07, 6.45) is 0. The first kappa shape index (κ1) is 18.3. The number of hydrogen-bond donors (Lipinski definition) is 3. The van der Waals surface area contributed by atoms with E-state index in [2.05, 4.69) is 4.72 Å². The minimum Gasteiger partial charge on any atom is -0.455 e. The third-order valence-corrected chi connectivity index (χ3v) is 4.56. The minimum absolute atomic E-state index is 0.151. The molecule has 0 atom stereocenters. The summed E-state index contributed by atoms with van der Waals surface area (Å²) in [5, 5.41) is 18.8. The van der Waals surface area contributed by atoms with Crippen LogP contribution in [-0.4, -0.2) is 32.1 Å². The summed E-state index contributed by atoms with van der Waals surface area (Å²) in [4.78, 5) is -0.209. The van der Waals surface area contributed by atoms with E-state index in [4.69, 9.17) is 4.74 Å². The fraction of sp³-hybridized carbons (Fsp3) is 0.143. The van der Waals surface area contributed by atoms with Crippen LogP contribution >= 0.6 is 0 Å². The van der Waals surface area contributed by atoms with Gasteiger partial charge in [0, 0.05) is 18.1 Å². The van der Waals surface area contributed by atoms with Gasteiger partial charge in [-0.15, -0.1) is 0 Å². The second-order valence-electron chi connectivity index (χ2n) is 4.75. The van der Waals surface area contributed by atoms with Crippen molar-refractivity contribution in [2.24, 2.45) is 0 Å². The van der Waals surface area contributed by atoms with Gasteiger partial charge >= 0.3 is 7.12 Å². The van der Waals surface area contributed by atoms with Gasteiger partial charge in [-0.2, -0.15) is 0 Å². The smallest absolute Gasteiger partial charge is 0.455 e. The first-order chi connectivity index (χ1) is 11.2. The maximum Gasteiger partial charge on any atom is 0.492 e. The summed E-state index contributed by atoms with van der Waals surface area (Å²) in [5.41, 5.74) is -0.280. The Morgan fingerprint density at radius 1 is 1.12 bits per heavy atom. The summed E-state index contributed by atoms with van der Waals surface area (Å²) in [6, 6.07) is 5.93. The lowest BCUT2D eigenvalue weighted by atomic mass is 9.79. The van der Waals surface area contributed by atoms with Crippen LogP contribution in [0.5, 0.6) is 11.5 Å². The van der Waals surface area contributed by atoms with Gasteiger partial charge in [-0.25, -0.2) is 21.9 Å². The van der Waals surface area contributed by atoms with Crippen molar-refractivity contribution >= 4 is 22.6 Å². The van der Waals surface area contributed by atoms with Crippen molar-refractivity contribution in [3.8, 4) is 11.5 Å². The molecule has 2 aromatic rings. The van der Waals surface area contributed by atoms with Crippen LogP contribution in [0.25, 0.3) is 0 Å². The molecule has 24 heavy (non-hydrogen) atoms. The van der Waals surface area contributed by atoms with Crippen molar-refractivity contribution in [1.29, 1.82) is 0 Å². The van der Waals surface area contributed by atoms with Crippen molar-refractivity contribution < 1.29 is 32.0 Å². The second-order valence-corrected chi connectivity index (χ2v) is 6.52. The van der Waals surface area contributed by atoms with Gasteiger partial charge in [0.1, 0.15) is 11.6 Å². The van der Waals surface area contributed by atoms with E-state index in [0.717, 1.165) is 24.3 Å². The third kappa shape index (κ3) is 4.09. The molecule has 3 N–H and O–H groups in total. The second kappa shape index (κ2) is 7.26. The van der Waals surface area contributed by atoms with E-state index in [1.54, 1.807) is 6.92 Å². The molecule has 0 saturated heterocycles. The summed E-state index contributed by atoms with van der Waals surface area (Å²) in [7, 11) is -5.88. The highest BCUT2D eigenvalue weighted by atomic mass is 32.2. The molecule has 0 heterocycles. The summed E-state index contributed by atoms with van der Waals surface area (Å²) >= 11 is 0. The Kier molecular flexibility index (Phi) is 5.55. The number of benzene rings is 2. The van der Waals surface area contributed by atoms with Crippen molar-refractivity contribution in [2.45, 2.75) is 11.8 Å². The quantitative estimate of drug-likeness (QED) is 0.663. The van der Waals surface area contributed by atoms with Crippen molar-refractivity contribution in [3.05, 3.63) is 48.0 Å². The molecule has 0 aliphatic rings. The normalized spacial score (nSPS) is 11.4. The summed E-state index contributed by atoms with van der Waals surface area (Å²) < 4.78 is 57.9. The van der Waals surface area contributed by atoms with E-state index in [9.17, 15) is 27.2 Å². The highest BCUT2D eigenvalue weighted by molar-refractivity contribution is 7.89. The molecule has 0 radical (unpaired) electrons. The SMILES string of the molecule is CCNS(=O)(=O)c1ccc(Oc2ccc(F)cc2F)c(B(O)O)c1. The molecule has 128 valence electrons. The van der Waals surface area contributed by atoms with Gasteiger partial charge in [0.25, 0.3) is 0 Å². The minimum atomic E-state index is -3.82. The van der Waals surface area contributed by atoms with E-state index in [1.165, 1.54) is 6.07 Å². The van der Waals surface area contributed by atoms with Gasteiger partial charge in [-0.1, -0.05) is 6.92 Å². The molecule has 0 unspecified atom stereocenters. The standard InChI is InChI=1S/C14H14BF2NO5S/c1-2-18-24(21,22)10-4-6-13(11(8-10)15(19)20)23-14-5-3-9(16)7-12(14)17/h3-8,18-20H,2H2,1H3. The van der Waals surface area contributed by atoms with Crippen LogP contribution in [0.2, 0.25) is 0 Å². The fourth-order valence-corrected chi connectivity index (χ4v) is 3.01.